The van der Waals surface area contributed by atoms with E-state index in [9.17, 15) is 0 Å². The monoisotopic (exact) mass is 385 g/mol. The number of rotatable bonds is 6. The van der Waals surface area contributed by atoms with Gasteiger partial charge < -0.3 is 15.4 Å². The van der Waals surface area contributed by atoms with Crippen LogP contribution in [-0.2, 0) is 24.4 Å². The van der Waals surface area contributed by atoms with Crippen molar-refractivity contribution in [1.82, 2.24) is 4.90 Å². The van der Waals surface area contributed by atoms with E-state index in [0.29, 0.717) is 19.0 Å². The quantitative estimate of drug-likeness (QED) is 0.822. The van der Waals surface area contributed by atoms with E-state index in [-0.39, 0.29) is 0 Å². The lowest BCUT2D eigenvalue weighted by molar-refractivity contribution is 0.191. The van der Waals surface area contributed by atoms with E-state index in [2.05, 4.69) is 38.0 Å². The standard InChI is InChI=1S/C19H20BrN3O/c20-18-12-23(11-17-8-4-7-16(9-17)10-21)14-22-19(18)24-13-15-5-2-1-3-6-15/h1-9,14H,10-13,21H2. The lowest BCUT2D eigenvalue weighted by Gasteiger charge is -2.24. The summed E-state index contributed by atoms with van der Waals surface area (Å²) in [6.07, 6.45) is 1.83. The van der Waals surface area contributed by atoms with Crippen molar-refractivity contribution in [2.45, 2.75) is 19.7 Å². The van der Waals surface area contributed by atoms with Crippen LogP contribution in [0.4, 0.5) is 0 Å². The van der Waals surface area contributed by atoms with Crippen molar-refractivity contribution in [3.05, 3.63) is 81.7 Å². The highest BCUT2D eigenvalue weighted by Gasteiger charge is 2.15. The fraction of sp³-hybridized carbons (Fsp3) is 0.211. The van der Waals surface area contributed by atoms with Gasteiger partial charge in [-0.2, -0.15) is 0 Å². The molecule has 2 aromatic carbocycles. The van der Waals surface area contributed by atoms with Gasteiger partial charge in [0.15, 0.2) is 0 Å². The number of hydrogen-bond donors (Lipinski definition) is 1. The summed E-state index contributed by atoms with van der Waals surface area (Å²) >= 11 is 3.59. The summed E-state index contributed by atoms with van der Waals surface area (Å²) in [5.41, 5.74) is 9.19. The van der Waals surface area contributed by atoms with Gasteiger partial charge in [-0.1, -0.05) is 54.6 Å². The lowest BCUT2D eigenvalue weighted by Crippen LogP contribution is -2.26. The molecular weight excluding hydrogens is 366 g/mol. The third kappa shape index (κ3) is 4.46. The SMILES string of the molecule is NCc1cccc(CN2C=NC(OCc3ccccc3)=C(Br)C2)c1. The average molecular weight is 386 g/mol. The smallest absolute Gasteiger partial charge is 0.227 e. The second kappa shape index (κ2) is 8.13. The molecule has 24 heavy (non-hydrogen) atoms. The van der Waals surface area contributed by atoms with Gasteiger partial charge in [-0.3, -0.25) is 0 Å². The fourth-order valence-electron chi connectivity index (χ4n) is 2.52. The van der Waals surface area contributed by atoms with Gasteiger partial charge in [0, 0.05) is 13.1 Å². The van der Waals surface area contributed by atoms with Crippen LogP contribution in [0.2, 0.25) is 0 Å². The van der Waals surface area contributed by atoms with Gasteiger partial charge in [0.25, 0.3) is 0 Å². The number of aliphatic imine (C=N–C) groups is 1. The molecular formula is C19H20BrN3O. The van der Waals surface area contributed by atoms with Crippen molar-refractivity contribution < 1.29 is 4.74 Å². The van der Waals surface area contributed by atoms with Crippen LogP contribution < -0.4 is 5.73 Å². The second-order valence-electron chi connectivity index (χ2n) is 5.66. The maximum Gasteiger partial charge on any atom is 0.227 e. The minimum atomic E-state index is 0.515. The van der Waals surface area contributed by atoms with Gasteiger partial charge in [-0.25, -0.2) is 4.99 Å². The molecule has 0 unspecified atom stereocenters. The van der Waals surface area contributed by atoms with Crippen LogP contribution in [0, 0.1) is 0 Å². The topological polar surface area (TPSA) is 50.8 Å². The number of nitrogens with two attached hydrogens (primary N) is 1. The lowest BCUT2D eigenvalue weighted by atomic mass is 10.1. The van der Waals surface area contributed by atoms with Crippen molar-refractivity contribution in [1.29, 1.82) is 0 Å². The molecule has 2 aromatic rings. The number of nitrogens with zero attached hydrogens (tertiary/aromatic N) is 2. The summed E-state index contributed by atoms with van der Waals surface area (Å²) in [5, 5.41) is 0. The Morgan fingerprint density at radius 3 is 2.54 bits per heavy atom. The average Bonchev–Trinajstić information content (AvgIpc) is 2.62. The van der Waals surface area contributed by atoms with Crippen LogP contribution in [0.1, 0.15) is 16.7 Å². The molecule has 5 heteroatoms. The summed E-state index contributed by atoms with van der Waals surface area (Å²) in [7, 11) is 0. The van der Waals surface area contributed by atoms with Crippen molar-refractivity contribution in [2.24, 2.45) is 10.7 Å². The van der Waals surface area contributed by atoms with Crippen LogP contribution in [0.25, 0.3) is 0 Å². The number of benzene rings is 2. The van der Waals surface area contributed by atoms with E-state index in [0.717, 1.165) is 28.7 Å². The van der Waals surface area contributed by atoms with Crippen molar-refractivity contribution >= 4 is 22.3 Å². The first-order valence-corrected chi connectivity index (χ1v) is 8.65. The Morgan fingerprint density at radius 2 is 1.79 bits per heavy atom. The Labute approximate surface area is 150 Å². The van der Waals surface area contributed by atoms with E-state index in [1.54, 1.807) is 0 Å². The summed E-state index contributed by atoms with van der Waals surface area (Å²) in [6, 6.07) is 18.4. The van der Waals surface area contributed by atoms with Crippen molar-refractivity contribution in [3.63, 3.8) is 0 Å². The Balaban J connectivity index is 1.58. The molecule has 0 fully saturated rings. The Hall–Kier alpha value is -2.11. The van der Waals surface area contributed by atoms with Crippen LogP contribution in [0.3, 0.4) is 0 Å². The fourth-order valence-corrected chi connectivity index (χ4v) is 3.06. The third-order valence-corrected chi connectivity index (χ3v) is 4.33. The maximum absolute atomic E-state index is 5.81. The zero-order valence-corrected chi connectivity index (χ0v) is 14.9. The minimum Gasteiger partial charge on any atom is -0.472 e. The summed E-state index contributed by atoms with van der Waals surface area (Å²) in [4.78, 5) is 6.57. The van der Waals surface area contributed by atoms with Gasteiger partial charge >= 0.3 is 0 Å². The van der Waals surface area contributed by atoms with E-state index in [1.807, 2.05) is 48.8 Å². The van der Waals surface area contributed by atoms with E-state index in [4.69, 9.17) is 10.5 Å². The van der Waals surface area contributed by atoms with Crippen molar-refractivity contribution in [3.8, 4) is 0 Å². The first-order valence-electron chi connectivity index (χ1n) is 7.86. The van der Waals surface area contributed by atoms with Crippen LogP contribution in [-0.4, -0.2) is 17.8 Å². The Bertz CT molecular complexity index is 743. The first-order chi connectivity index (χ1) is 11.7. The molecule has 0 bridgehead atoms. The van der Waals surface area contributed by atoms with E-state index < -0.39 is 0 Å². The zero-order chi connectivity index (χ0) is 16.8. The normalized spacial score (nSPS) is 14.2. The van der Waals surface area contributed by atoms with Crippen LogP contribution in [0.15, 0.2) is 70.0 Å². The molecule has 4 nitrogen and oxygen atoms in total. The van der Waals surface area contributed by atoms with E-state index in [1.165, 1.54) is 5.56 Å². The molecule has 0 spiro atoms. The largest absolute Gasteiger partial charge is 0.472 e. The van der Waals surface area contributed by atoms with Gasteiger partial charge in [-0.05, 0) is 32.6 Å². The Morgan fingerprint density at radius 1 is 1.04 bits per heavy atom. The summed E-state index contributed by atoms with van der Waals surface area (Å²) in [5.74, 6) is 0.644. The van der Waals surface area contributed by atoms with E-state index >= 15 is 0 Å². The molecule has 0 saturated carbocycles. The van der Waals surface area contributed by atoms with Crippen LogP contribution in [0.5, 0.6) is 0 Å². The molecule has 0 aromatic heterocycles. The molecule has 2 N–H and O–H groups in total. The van der Waals surface area contributed by atoms with Crippen LogP contribution >= 0.6 is 15.9 Å². The molecule has 1 heterocycles. The Kier molecular flexibility index (Phi) is 5.67. The maximum atomic E-state index is 5.81. The molecule has 3 rings (SSSR count). The highest BCUT2D eigenvalue weighted by Crippen LogP contribution is 2.22. The van der Waals surface area contributed by atoms with Gasteiger partial charge in [0.05, 0.1) is 17.4 Å². The first kappa shape index (κ1) is 16.7. The molecule has 0 amide bonds. The summed E-state index contributed by atoms with van der Waals surface area (Å²) in [6.45, 7) is 2.60. The molecule has 124 valence electrons. The molecule has 0 atom stereocenters. The van der Waals surface area contributed by atoms with Crippen molar-refractivity contribution in [2.75, 3.05) is 6.54 Å². The minimum absolute atomic E-state index is 0.515. The number of ether oxygens (including phenoxy) is 1. The number of hydrogen-bond acceptors (Lipinski definition) is 4. The predicted octanol–water partition coefficient (Wildman–Crippen LogP) is 3.77. The molecule has 0 aliphatic carbocycles. The second-order valence-corrected chi connectivity index (χ2v) is 6.62. The highest BCUT2D eigenvalue weighted by atomic mass is 79.9. The highest BCUT2D eigenvalue weighted by molar-refractivity contribution is 9.11. The molecule has 1 aliphatic rings. The molecule has 0 radical (unpaired) electrons. The molecule has 0 saturated heterocycles. The zero-order valence-electron chi connectivity index (χ0n) is 13.4. The predicted molar refractivity (Wildman–Crippen MR) is 100 cm³/mol. The molecule has 1 aliphatic heterocycles. The summed E-state index contributed by atoms with van der Waals surface area (Å²) < 4.78 is 6.76. The number of halogens is 1. The van der Waals surface area contributed by atoms with Gasteiger partial charge in [0.2, 0.25) is 5.88 Å². The van der Waals surface area contributed by atoms with Gasteiger partial charge in [-0.15, -0.1) is 0 Å². The van der Waals surface area contributed by atoms with Gasteiger partial charge in [0.1, 0.15) is 6.61 Å². The third-order valence-electron chi connectivity index (χ3n) is 3.74.